The molecule has 2 aromatic carbocycles. The number of azo groups is 1. The van der Waals surface area contributed by atoms with Gasteiger partial charge in [-0.3, -0.25) is 0 Å². The molecular formula is C15H12ClN4O4S. The van der Waals surface area contributed by atoms with Gasteiger partial charge in [-0.05, 0) is 36.4 Å². The van der Waals surface area contributed by atoms with Crippen LogP contribution in [0, 0.1) is 0 Å². The molecule has 0 spiro atoms. The molecule has 1 aromatic heterocycles. The molecule has 0 aliphatic heterocycles. The van der Waals surface area contributed by atoms with E-state index in [2.05, 4.69) is 15.2 Å². The molecule has 3 aromatic rings. The number of methoxy groups -OCH3 is 1. The number of hydrogen-bond acceptors (Lipinski definition) is 6. The number of nitrogens with zero attached hydrogens (tertiary/aromatic N) is 2. The Bertz CT molecular complexity index is 1080. The van der Waals surface area contributed by atoms with Gasteiger partial charge in [0.05, 0.1) is 33.6 Å². The van der Waals surface area contributed by atoms with Crippen molar-refractivity contribution in [3.63, 3.8) is 0 Å². The summed E-state index contributed by atoms with van der Waals surface area (Å²) in [5.41, 5.74) is 1.05. The summed E-state index contributed by atoms with van der Waals surface area (Å²) in [5.74, 6) is 0.217. The second kappa shape index (κ2) is 6.36. The summed E-state index contributed by atoms with van der Waals surface area (Å²) >= 11 is 6.27. The lowest BCUT2D eigenvalue weighted by Gasteiger charge is -2.03. The van der Waals surface area contributed by atoms with Crippen molar-refractivity contribution in [2.45, 2.75) is 4.90 Å². The molecule has 0 amide bonds. The van der Waals surface area contributed by atoms with E-state index in [1.807, 2.05) is 0 Å². The fourth-order valence-electron chi connectivity index (χ4n) is 2.25. The zero-order valence-corrected chi connectivity index (χ0v) is 14.4. The van der Waals surface area contributed by atoms with Crippen LogP contribution in [-0.2, 0) is 10.0 Å². The summed E-state index contributed by atoms with van der Waals surface area (Å²) in [7, 11) is -2.55. The van der Waals surface area contributed by atoms with E-state index in [9.17, 15) is 13.5 Å². The van der Waals surface area contributed by atoms with Gasteiger partial charge in [0.2, 0.25) is 5.88 Å². The van der Waals surface area contributed by atoms with Crippen LogP contribution in [0.15, 0.2) is 51.5 Å². The lowest BCUT2D eigenvalue weighted by molar-refractivity contribution is 0.415. The van der Waals surface area contributed by atoms with E-state index < -0.39 is 10.0 Å². The van der Waals surface area contributed by atoms with E-state index in [0.717, 1.165) is 0 Å². The van der Waals surface area contributed by atoms with Crippen LogP contribution < -0.4 is 9.88 Å². The van der Waals surface area contributed by atoms with Crippen molar-refractivity contribution in [2.24, 2.45) is 10.2 Å². The fraction of sp³-hybridized carbons (Fsp3) is 0.0667. The Kier molecular flexibility index (Phi) is 4.38. The van der Waals surface area contributed by atoms with Crippen molar-refractivity contribution in [1.82, 2.24) is 10.1 Å². The number of nitrogens with one attached hydrogen (secondary N) is 2. The van der Waals surface area contributed by atoms with E-state index in [1.54, 1.807) is 12.1 Å². The molecule has 1 radical (unpaired) electrons. The zero-order valence-electron chi connectivity index (χ0n) is 12.8. The highest BCUT2D eigenvalue weighted by molar-refractivity contribution is 7.88. The molecule has 0 atom stereocenters. The molecule has 25 heavy (non-hydrogen) atoms. The summed E-state index contributed by atoms with van der Waals surface area (Å²) < 4.78 is 27.4. The molecule has 10 heteroatoms. The first-order chi connectivity index (χ1) is 11.8. The van der Waals surface area contributed by atoms with Gasteiger partial charge >= 0.3 is 0 Å². The van der Waals surface area contributed by atoms with Gasteiger partial charge in [0.1, 0.15) is 5.75 Å². The molecule has 0 aliphatic rings. The summed E-state index contributed by atoms with van der Waals surface area (Å²) in [6, 6.07) is 8.65. The van der Waals surface area contributed by atoms with E-state index in [0.29, 0.717) is 22.3 Å². The third-order valence-corrected chi connectivity index (χ3v) is 4.72. The maximum atomic E-state index is 11.1. The van der Waals surface area contributed by atoms with E-state index >= 15 is 0 Å². The van der Waals surface area contributed by atoms with Gasteiger partial charge in [-0.2, -0.15) is 5.11 Å². The van der Waals surface area contributed by atoms with Crippen LogP contribution in [0.4, 0.5) is 11.4 Å². The van der Waals surface area contributed by atoms with E-state index in [-0.39, 0.29) is 21.5 Å². The topological polar surface area (TPSA) is 128 Å². The number of rotatable bonds is 4. The van der Waals surface area contributed by atoms with Crippen LogP contribution in [0.2, 0.25) is 5.02 Å². The van der Waals surface area contributed by atoms with Crippen molar-refractivity contribution < 1.29 is 18.3 Å². The quantitative estimate of drug-likeness (QED) is 0.665. The average Bonchev–Trinajstić information content (AvgIpc) is 2.89. The lowest BCUT2D eigenvalue weighted by atomic mass is 10.2. The number of aromatic hydroxyl groups is 1. The van der Waals surface area contributed by atoms with Crippen LogP contribution in [0.3, 0.4) is 0 Å². The number of hydrogen-bond donors (Lipinski definition) is 2. The van der Waals surface area contributed by atoms with Gasteiger partial charge < -0.3 is 14.8 Å². The van der Waals surface area contributed by atoms with Crippen molar-refractivity contribution in [1.29, 1.82) is 0 Å². The molecule has 0 unspecified atom stereocenters. The van der Waals surface area contributed by atoms with Crippen LogP contribution in [0.5, 0.6) is 11.6 Å². The second-order valence-corrected chi connectivity index (χ2v) is 6.88. The van der Waals surface area contributed by atoms with Gasteiger partial charge in [0, 0.05) is 0 Å². The highest BCUT2D eigenvalue weighted by Gasteiger charge is 2.17. The Morgan fingerprint density at radius 2 is 1.84 bits per heavy atom. The van der Waals surface area contributed by atoms with Crippen molar-refractivity contribution in [2.75, 3.05) is 7.11 Å². The first-order valence-corrected chi connectivity index (χ1v) is 8.76. The second-order valence-electron chi connectivity index (χ2n) is 5.02. The number of sulfonamides is 1. The normalized spacial score (nSPS) is 12.1. The molecule has 0 fully saturated rings. The monoisotopic (exact) mass is 379 g/mol. The Hall–Kier alpha value is -2.62. The molecule has 3 N–H and O–H groups in total. The predicted octanol–water partition coefficient (Wildman–Crippen LogP) is 3.92. The minimum Gasteiger partial charge on any atom is -0.495 e. The Labute approximate surface area is 148 Å². The van der Waals surface area contributed by atoms with Crippen molar-refractivity contribution in [3.05, 3.63) is 41.4 Å². The molecule has 8 nitrogen and oxygen atoms in total. The molecule has 0 bridgehead atoms. The number of aromatic amines is 1. The molecule has 0 saturated heterocycles. The molecule has 129 valence electrons. The van der Waals surface area contributed by atoms with Crippen LogP contribution in [0.25, 0.3) is 10.9 Å². The number of halogens is 1. The number of benzene rings is 2. The van der Waals surface area contributed by atoms with E-state index in [4.69, 9.17) is 21.5 Å². The van der Waals surface area contributed by atoms with Crippen molar-refractivity contribution >= 4 is 43.9 Å². The highest BCUT2D eigenvalue weighted by Crippen LogP contribution is 2.43. The zero-order chi connectivity index (χ0) is 18.2. The summed E-state index contributed by atoms with van der Waals surface area (Å²) in [6.07, 6.45) is 0. The molecule has 0 saturated carbocycles. The van der Waals surface area contributed by atoms with Crippen LogP contribution in [-0.4, -0.2) is 25.6 Å². The maximum absolute atomic E-state index is 11.1. The Balaban J connectivity index is 2.03. The summed E-state index contributed by atoms with van der Waals surface area (Å²) in [6.45, 7) is 0. The molecule has 0 aliphatic carbocycles. The minimum absolute atomic E-state index is 0.135. The Morgan fingerprint density at radius 3 is 2.44 bits per heavy atom. The van der Waals surface area contributed by atoms with Crippen LogP contribution in [0.1, 0.15) is 0 Å². The molecule has 3 rings (SSSR count). The van der Waals surface area contributed by atoms with Gasteiger partial charge in [-0.15, -0.1) is 10.3 Å². The van der Waals surface area contributed by atoms with Gasteiger partial charge in [0.25, 0.3) is 10.0 Å². The number of ether oxygens (including phenoxy) is 1. The number of aromatic nitrogens is 1. The fourth-order valence-corrected chi connectivity index (χ4v) is 3.08. The number of fused-ring (bicyclic) bond motifs is 1. The standard InChI is InChI=1S/C15H12ClN4O4S/c1-24-11-7-6-10-12(13(11)16)14(15(21)18-10)20-19-8-2-4-9(5-3-8)25(17,22)23/h2-7,17-18,21H,1H3. The van der Waals surface area contributed by atoms with Gasteiger partial charge in [-0.1, -0.05) is 11.6 Å². The minimum atomic E-state index is -4.03. The molecule has 1 heterocycles. The third kappa shape index (κ3) is 3.29. The first-order valence-electron chi connectivity index (χ1n) is 6.90. The Morgan fingerprint density at radius 1 is 1.16 bits per heavy atom. The summed E-state index contributed by atoms with van der Waals surface area (Å²) in [4.78, 5) is 2.60. The molecular weight excluding hydrogens is 368 g/mol. The third-order valence-electron chi connectivity index (χ3n) is 3.45. The first kappa shape index (κ1) is 17.2. The largest absolute Gasteiger partial charge is 0.495 e. The van der Waals surface area contributed by atoms with Crippen LogP contribution >= 0.6 is 11.6 Å². The number of H-pyrrole nitrogens is 1. The SMILES string of the molecule is COc1ccc2[nH]c(O)c(N=Nc3ccc(S([NH])(=O)=O)cc3)c2c1Cl. The predicted molar refractivity (Wildman–Crippen MR) is 92.4 cm³/mol. The maximum Gasteiger partial charge on any atom is 0.254 e. The van der Waals surface area contributed by atoms with Gasteiger partial charge in [0.15, 0.2) is 5.69 Å². The van der Waals surface area contributed by atoms with Gasteiger partial charge in [-0.25, -0.2) is 8.42 Å². The smallest absolute Gasteiger partial charge is 0.254 e. The van der Waals surface area contributed by atoms with E-state index in [1.165, 1.54) is 31.4 Å². The average molecular weight is 380 g/mol. The van der Waals surface area contributed by atoms with Crippen molar-refractivity contribution in [3.8, 4) is 11.6 Å². The summed E-state index contributed by atoms with van der Waals surface area (Å²) in [5, 5.41) is 25.7. The highest BCUT2D eigenvalue weighted by atomic mass is 35.5. The lowest BCUT2D eigenvalue weighted by Crippen LogP contribution is -1.99.